The molecule has 5 heteroatoms. The van der Waals surface area contributed by atoms with Crippen LogP contribution in [0.1, 0.15) is 0 Å². The van der Waals surface area contributed by atoms with Crippen LogP contribution in [-0.4, -0.2) is 4.98 Å². The van der Waals surface area contributed by atoms with Crippen LogP contribution >= 0.6 is 31.9 Å². The van der Waals surface area contributed by atoms with Gasteiger partial charge in [-0.05, 0) is 30.3 Å². The lowest BCUT2D eigenvalue weighted by Crippen LogP contribution is -1.78. The van der Waals surface area contributed by atoms with Gasteiger partial charge in [0.25, 0.3) is 0 Å². The molecular formula is C19H9Br2NO2. The zero-order chi connectivity index (χ0) is 16.3. The van der Waals surface area contributed by atoms with Crippen molar-refractivity contribution in [2.24, 2.45) is 0 Å². The van der Waals surface area contributed by atoms with Crippen LogP contribution in [0.4, 0.5) is 0 Å². The number of furan rings is 1. The lowest BCUT2D eigenvalue weighted by Gasteiger charge is -1.98. The Labute approximate surface area is 153 Å². The van der Waals surface area contributed by atoms with Gasteiger partial charge in [-0.25, -0.2) is 4.98 Å². The van der Waals surface area contributed by atoms with E-state index in [-0.39, 0.29) is 0 Å². The topological polar surface area (TPSA) is 39.2 Å². The standard InChI is InChI=1S/C19H9Br2NO2/c20-11-5-10(6-12(21)7-11)19-22-15-9-17-14(8-18(15)24-19)13-3-1-2-4-16(13)23-17/h1-9H. The quantitative estimate of drug-likeness (QED) is 0.283. The van der Waals surface area contributed by atoms with Crippen molar-refractivity contribution in [3.8, 4) is 11.5 Å². The van der Waals surface area contributed by atoms with E-state index in [4.69, 9.17) is 8.83 Å². The smallest absolute Gasteiger partial charge is 0.227 e. The maximum Gasteiger partial charge on any atom is 0.227 e. The zero-order valence-electron chi connectivity index (χ0n) is 12.2. The molecule has 0 saturated heterocycles. The number of halogens is 2. The zero-order valence-corrected chi connectivity index (χ0v) is 15.4. The number of rotatable bonds is 1. The maximum absolute atomic E-state index is 6.00. The van der Waals surface area contributed by atoms with Gasteiger partial charge in [0.15, 0.2) is 5.58 Å². The summed E-state index contributed by atoms with van der Waals surface area (Å²) in [5, 5.41) is 2.12. The number of hydrogen-bond donors (Lipinski definition) is 0. The van der Waals surface area contributed by atoms with E-state index >= 15 is 0 Å². The second-order valence-electron chi connectivity index (χ2n) is 5.59. The molecule has 116 valence electrons. The van der Waals surface area contributed by atoms with Crippen molar-refractivity contribution in [2.45, 2.75) is 0 Å². The molecule has 0 radical (unpaired) electrons. The van der Waals surface area contributed by atoms with Crippen LogP contribution in [0, 0.1) is 0 Å². The van der Waals surface area contributed by atoms with Crippen LogP contribution in [0.15, 0.2) is 72.4 Å². The largest absolute Gasteiger partial charge is 0.456 e. The third-order valence-corrected chi connectivity index (χ3v) is 4.91. The summed E-state index contributed by atoms with van der Waals surface area (Å²) in [4.78, 5) is 4.62. The first-order valence-electron chi connectivity index (χ1n) is 7.36. The molecule has 0 aliphatic heterocycles. The van der Waals surface area contributed by atoms with Crippen LogP contribution in [-0.2, 0) is 0 Å². The molecule has 0 aliphatic carbocycles. The van der Waals surface area contributed by atoms with Crippen LogP contribution in [0.2, 0.25) is 0 Å². The summed E-state index contributed by atoms with van der Waals surface area (Å²) in [7, 11) is 0. The molecule has 0 bridgehead atoms. The van der Waals surface area contributed by atoms with Crippen molar-refractivity contribution in [1.29, 1.82) is 0 Å². The average molecular weight is 443 g/mol. The Kier molecular flexibility index (Phi) is 3.08. The number of benzene rings is 3. The first-order chi connectivity index (χ1) is 11.7. The molecule has 2 heterocycles. The molecular weight excluding hydrogens is 434 g/mol. The lowest BCUT2D eigenvalue weighted by molar-refractivity contribution is 0.620. The Morgan fingerprint density at radius 1 is 0.708 bits per heavy atom. The predicted molar refractivity (Wildman–Crippen MR) is 102 cm³/mol. The molecule has 0 atom stereocenters. The molecule has 0 unspecified atom stereocenters. The van der Waals surface area contributed by atoms with E-state index in [1.54, 1.807) is 0 Å². The Morgan fingerprint density at radius 3 is 2.33 bits per heavy atom. The van der Waals surface area contributed by atoms with Crippen molar-refractivity contribution >= 4 is 64.9 Å². The van der Waals surface area contributed by atoms with Crippen LogP contribution < -0.4 is 0 Å². The highest BCUT2D eigenvalue weighted by atomic mass is 79.9. The van der Waals surface area contributed by atoms with Gasteiger partial charge in [0, 0.05) is 31.3 Å². The first-order valence-corrected chi connectivity index (χ1v) is 8.94. The summed E-state index contributed by atoms with van der Waals surface area (Å²) in [6, 6.07) is 17.9. The molecule has 3 nitrogen and oxygen atoms in total. The summed E-state index contributed by atoms with van der Waals surface area (Å²) >= 11 is 6.99. The van der Waals surface area contributed by atoms with Crippen LogP contribution in [0.25, 0.3) is 44.5 Å². The third-order valence-electron chi connectivity index (χ3n) is 4.00. The highest BCUT2D eigenvalue weighted by Crippen LogP contribution is 2.34. The molecule has 2 aromatic heterocycles. The van der Waals surface area contributed by atoms with Crippen molar-refractivity contribution in [1.82, 2.24) is 4.98 Å². The number of hydrogen-bond acceptors (Lipinski definition) is 3. The van der Waals surface area contributed by atoms with E-state index in [1.165, 1.54) is 0 Å². The molecule has 0 aliphatic rings. The van der Waals surface area contributed by atoms with Crippen molar-refractivity contribution in [3.63, 3.8) is 0 Å². The number of nitrogens with zero attached hydrogens (tertiary/aromatic N) is 1. The molecule has 0 saturated carbocycles. The maximum atomic E-state index is 6.00. The van der Waals surface area contributed by atoms with E-state index < -0.39 is 0 Å². The van der Waals surface area contributed by atoms with Gasteiger partial charge in [-0.15, -0.1) is 0 Å². The van der Waals surface area contributed by atoms with Gasteiger partial charge in [-0.3, -0.25) is 0 Å². The number of oxazole rings is 1. The van der Waals surface area contributed by atoms with Gasteiger partial charge >= 0.3 is 0 Å². The fraction of sp³-hybridized carbons (Fsp3) is 0. The van der Waals surface area contributed by atoms with E-state index in [9.17, 15) is 0 Å². The van der Waals surface area contributed by atoms with Gasteiger partial charge in [-0.1, -0.05) is 50.1 Å². The normalized spacial score (nSPS) is 11.8. The van der Waals surface area contributed by atoms with Gasteiger partial charge in [0.05, 0.1) is 0 Å². The minimum atomic E-state index is 0.587. The average Bonchev–Trinajstić information content (AvgIpc) is 3.12. The molecule has 0 amide bonds. The van der Waals surface area contributed by atoms with Crippen LogP contribution in [0.5, 0.6) is 0 Å². The SMILES string of the molecule is Brc1cc(Br)cc(-c2nc3cc4oc5ccccc5c4cc3o2)c1. The number of aromatic nitrogens is 1. The first kappa shape index (κ1) is 14.3. The second kappa shape index (κ2) is 5.19. The lowest BCUT2D eigenvalue weighted by atomic mass is 10.1. The number of fused-ring (bicyclic) bond motifs is 4. The van der Waals surface area contributed by atoms with E-state index in [2.05, 4.69) is 42.9 Å². The fourth-order valence-corrected chi connectivity index (χ4v) is 4.24. The minimum absolute atomic E-state index is 0.587. The Balaban J connectivity index is 1.77. The summed E-state index contributed by atoms with van der Waals surface area (Å²) in [6.45, 7) is 0. The summed E-state index contributed by atoms with van der Waals surface area (Å²) in [6.07, 6.45) is 0. The van der Waals surface area contributed by atoms with Gasteiger partial charge in [0.1, 0.15) is 16.7 Å². The van der Waals surface area contributed by atoms with Crippen LogP contribution in [0.3, 0.4) is 0 Å². The number of para-hydroxylation sites is 1. The molecule has 0 N–H and O–H groups in total. The van der Waals surface area contributed by atoms with Crippen molar-refractivity contribution in [2.75, 3.05) is 0 Å². The second-order valence-corrected chi connectivity index (χ2v) is 7.42. The third kappa shape index (κ3) is 2.19. The summed E-state index contributed by atoms with van der Waals surface area (Å²) in [5.41, 5.74) is 4.14. The monoisotopic (exact) mass is 441 g/mol. The summed E-state index contributed by atoms with van der Waals surface area (Å²) < 4.78 is 13.8. The van der Waals surface area contributed by atoms with E-state index in [1.807, 2.05) is 48.5 Å². The fourth-order valence-electron chi connectivity index (χ4n) is 2.95. The highest BCUT2D eigenvalue weighted by Gasteiger charge is 2.14. The molecule has 3 aromatic carbocycles. The highest BCUT2D eigenvalue weighted by molar-refractivity contribution is 9.11. The molecule has 24 heavy (non-hydrogen) atoms. The van der Waals surface area contributed by atoms with Gasteiger partial charge < -0.3 is 8.83 Å². The minimum Gasteiger partial charge on any atom is -0.456 e. The molecule has 5 rings (SSSR count). The Hall–Kier alpha value is -2.11. The van der Waals surface area contributed by atoms with Gasteiger partial charge in [0.2, 0.25) is 5.89 Å². The van der Waals surface area contributed by atoms with E-state index in [0.29, 0.717) is 5.89 Å². The molecule has 0 spiro atoms. The van der Waals surface area contributed by atoms with Crippen molar-refractivity contribution in [3.05, 3.63) is 63.5 Å². The molecule has 0 fully saturated rings. The van der Waals surface area contributed by atoms with E-state index in [0.717, 1.165) is 47.5 Å². The predicted octanol–water partition coefficient (Wildman–Crippen LogP) is 6.92. The summed E-state index contributed by atoms with van der Waals surface area (Å²) in [5.74, 6) is 0.587. The Morgan fingerprint density at radius 2 is 1.50 bits per heavy atom. The van der Waals surface area contributed by atoms with Gasteiger partial charge in [-0.2, -0.15) is 0 Å². The Bertz CT molecular complexity index is 1220. The van der Waals surface area contributed by atoms with Crippen molar-refractivity contribution < 1.29 is 8.83 Å². The molecule has 5 aromatic rings.